The predicted octanol–water partition coefficient (Wildman–Crippen LogP) is 3.17. The average molecular weight is 267 g/mol. The standard InChI is InChI=1S/C17H17NO2/c19-16-9-13-4-2-1-3-12(13)8-15(16)17(20)18-10-11-5-6-14(18)7-11/h1-4,8-9,11,14,19H,5-7,10H2. The molecular formula is C17H17NO2. The lowest BCUT2D eigenvalue weighted by molar-refractivity contribution is 0.0701. The van der Waals surface area contributed by atoms with Crippen LogP contribution in [-0.4, -0.2) is 28.5 Å². The first-order valence-corrected chi connectivity index (χ1v) is 7.25. The topological polar surface area (TPSA) is 40.5 Å². The van der Waals surface area contributed by atoms with Crippen molar-refractivity contribution in [3.8, 4) is 5.75 Å². The smallest absolute Gasteiger partial charge is 0.257 e. The van der Waals surface area contributed by atoms with Crippen molar-refractivity contribution in [2.75, 3.05) is 6.54 Å². The quantitative estimate of drug-likeness (QED) is 0.862. The monoisotopic (exact) mass is 267 g/mol. The summed E-state index contributed by atoms with van der Waals surface area (Å²) >= 11 is 0. The lowest BCUT2D eigenvalue weighted by Crippen LogP contribution is -2.37. The molecule has 2 unspecified atom stereocenters. The zero-order valence-electron chi connectivity index (χ0n) is 11.2. The van der Waals surface area contributed by atoms with Gasteiger partial charge in [0.15, 0.2) is 0 Å². The van der Waals surface area contributed by atoms with Crippen LogP contribution >= 0.6 is 0 Å². The molecule has 2 fully saturated rings. The van der Waals surface area contributed by atoms with Crippen LogP contribution in [-0.2, 0) is 0 Å². The van der Waals surface area contributed by atoms with Crippen LogP contribution in [0.15, 0.2) is 36.4 Å². The Kier molecular flexibility index (Phi) is 2.49. The van der Waals surface area contributed by atoms with Crippen LogP contribution in [0.25, 0.3) is 10.8 Å². The second kappa shape index (κ2) is 4.23. The number of rotatable bonds is 1. The molecule has 1 N–H and O–H groups in total. The molecule has 4 rings (SSSR count). The third-order valence-electron chi connectivity index (χ3n) is 4.76. The summed E-state index contributed by atoms with van der Waals surface area (Å²) in [4.78, 5) is 14.6. The number of phenolic OH excluding ortho intramolecular Hbond substituents is 1. The molecule has 2 atom stereocenters. The number of carbonyl (C=O) groups is 1. The van der Waals surface area contributed by atoms with Crippen LogP contribution in [0, 0.1) is 5.92 Å². The van der Waals surface area contributed by atoms with Crippen LogP contribution in [0.4, 0.5) is 0 Å². The molecule has 2 aromatic rings. The summed E-state index contributed by atoms with van der Waals surface area (Å²) in [5.41, 5.74) is 0.441. The zero-order chi connectivity index (χ0) is 13.7. The number of fused-ring (bicyclic) bond motifs is 3. The minimum absolute atomic E-state index is 0.0135. The zero-order valence-corrected chi connectivity index (χ0v) is 11.2. The largest absolute Gasteiger partial charge is 0.507 e. The Bertz CT molecular complexity index is 694. The molecule has 20 heavy (non-hydrogen) atoms. The fraction of sp³-hybridized carbons (Fsp3) is 0.353. The number of benzene rings is 2. The molecule has 3 heteroatoms. The first-order valence-electron chi connectivity index (χ1n) is 7.25. The molecule has 2 bridgehead atoms. The van der Waals surface area contributed by atoms with E-state index in [1.807, 2.05) is 35.2 Å². The van der Waals surface area contributed by atoms with Gasteiger partial charge in [0.05, 0.1) is 5.56 Å². The number of hydrogen-bond acceptors (Lipinski definition) is 2. The Hall–Kier alpha value is -2.03. The van der Waals surface area contributed by atoms with Gasteiger partial charge in [0.25, 0.3) is 5.91 Å². The minimum Gasteiger partial charge on any atom is -0.507 e. The van der Waals surface area contributed by atoms with Crippen molar-refractivity contribution >= 4 is 16.7 Å². The van der Waals surface area contributed by atoms with Gasteiger partial charge >= 0.3 is 0 Å². The first kappa shape index (κ1) is 11.8. The first-order chi connectivity index (χ1) is 9.72. The van der Waals surface area contributed by atoms with Gasteiger partial charge in [-0.25, -0.2) is 0 Å². The molecule has 1 saturated carbocycles. The van der Waals surface area contributed by atoms with Crippen LogP contribution in [0.2, 0.25) is 0 Å². The van der Waals surface area contributed by atoms with Crippen molar-refractivity contribution in [2.45, 2.75) is 25.3 Å². The molecule has 0 radical (unpaired) electrons. The Morgan fingerprint density at radius 2 is 1.90 bits per heavy atom. The summed E-state index contributed by atoms with van der Waals surface area (Å²) in [5, 5.41) is 12.1. The number of carbonyl (C=O) groups excluding carboxylic acids is 1. The van der Waals surface area contributed by atoms with Gasteiger partial charge in [0.1, 0.15) is 5.75 Å². The van der Waals surface area contributed by atoms with Crippen molar-refractivity contribution < 1.29 is 9.90 Å². The maximum absolute atomic E-state index is 12.7. The number of hydrogen-bond donors (Lipinski definition) is 1. The minimum atomic E-state index is -0.0135. The number of phenols is 1. The second-order valence-corrected chi connectivity index (χ2v) is 6.01. The number of nitrogens with zero attached hydrogens (tertiary/aromatic N) is 1. The summed E-state index contributed by atoms with van der Waals surface area (Å²) in [7, 11) is 0. The van der Waals surface area contributed by atoms with Crippen LogP contribution in [0.3, 0.4) is 0 Å². The molecule has 1 heterocycles. The fourth-order valence-electron chi connectivity index (χ4n) is 3.73. The maximum atomic E-state index is 12.7. The van der Waals surface area contributed by atoms with E-state index in [1.165, 1.54) is 6.42 Å². The number of aromatic hydroxyl groups is 1. The Morgan fingerprint density at radius 1 is 1.15 bits per heavy atom. The molecule has 0 spiro atoms. The summed E-state index contributed by atoms with van der Waals surface area (Å²) in [5.74, 6) is 0.753. The van der Waals surface area contributed by atoms with Gasteiger partial charge in [-0.1, -0.05) is 24.3 Å². The summed E-state index contributed by atoms with van der Waals surface area (Å²) in [6.07, 6.45) is 3.50. The molecule has 0 aromatic heterocycles. The number of piperidine rings is 1. The van der Waals surface area contributed by atoms with Crippen molar-refractivity contribution in [3.63, 3.8) is 0 Å². The van der Waals surface area contributed by atoms with Crippen molar-refractivity contribution in [3.05, 3.63) is 42.0 Å². The molecule has 2 aliphatic rings. The van der Waals surface area contributed by atoms with Crippen molar-refractivity contribution in [1.82, 2.24) is 4.90 Å². The van der Waals surface area contributed by atoms with E-state index in [4.69, 9.17) is 0 Å². The van der Waals surface area contributed by atoms with Crippen molar-refractivity contribution in [1.29, 1.82) is 0 Å². The van der Waals surface area contributed by atoms with Crippen LogP contribution < -0.4 is 0 Å². The molecule has 1 amide bonds. The Morgan fingerprint density at radius 3 is 2.55 bits per heavy atom. The van der Waals surface area contributed by atoms with Crippen LogP contribution in [0.1, 0.15) is 29.6 Å². The fourth-order valence-corrected chi connectivity index (χ4v) is 3.73. The normalized spacial score (nSPS) is 24.5. The predicted molar refractivity (Wildman–Crippen MR) is 77.8 cm³/mol. The highest BCUT2D eigenvalue weighted by Gasteiger charge is 2.40. The summed E-state index contributed by atoms with van der Waals surface area (Å²) in [6, 6.07) is 11.7. The van der Waals surface area contributed by atoms with Gasteiger partial charge in [0, 0.05) is 12.6 Å². The number of likely N-dealkylation sites (tertiary alicyclic amines) is 1. The van der Waals surface area contributed by atoms with Gasteiger partial charge in [-0.15, -0.1) is 0 Å². The summed E-state index contributed by atoms with van der Waals surface area (Å²) < 4.78 is 0. The van der Waals surface area contributed by atoms with E-state index >= 15 is 0 Å². The second-order valence-electron chi connectivity index (χ2n) is 6.01. The van der Waals surface area contributed by atoms with Crippen molar-refractivity contribution in [2.24, 2.45) is 5.92 Å². The Balaban J connectivity index is 1.74. The maximum Gasteiger partial charge on any atom is 0.257 e. The van der Waals surface area contributed by atoms with Gasteiger partial charge in [-0.2, -0.15) is 0 Å². The van der Waals surface area contributed by atoms with Gasteiger partial charge in [0.2, 0.25) is 0 Å². The number of amides is 1. The third kappa shape index (κ3) is 1.69. The van der Waals surface area contributed by atoms with Gasteiger partial charge in [-0.3, -0.25) is 4.79 Å². The summed E-state index contributed by atoms with van der Waals surface area (Å²) in [6.45, 7) is 0.857. The molecule has 1 saturated heterocycles. The molecular weight excluding hydrogens is 250 g/mol. The molecule has 1 aliphatic carbocycles. The highest BCUT2D eigenvalue weighted by atomic mass is 16.3. The van der Waals surface area contributed by atoms with E-state index in [-0.39, 0.29) is 11.7 Å². The average Bonchev–Trinajstić information content (AvgIpc) is 3.08. The molecule has 102 valence electrons. The highest BCUT2D eigenvalue weighted by Crippen LogP contribution is 2.39. The van der Waals surface area contributed by atoms with E-state index in [2.05, 4.69) is 0 Å². The van der Waals surface area contributed by atoms with Crippen LogP contribution in [0.5, 0.6) is 5.75 Å². The van der Waals surface area contributed by atoms with E-state index in [0.29, 0.717) is 17.5 Å². The molecule has 2 aromatic carbocycles. The highest BCUT2D eigenvalue weighted by molar-refractivity contribution is 6.01. The van der Waals surface area contributed by atoms with E-state index < -0.39 is 0 Å². The lowest BCUT2D eigenvalue weighted by atomic mass is 10.0. The van der Waals surface area contributed by atoms with Gasteiger partial charge < -0.3 is 10.0 Å². The third-order valence-corrected chi connectivity index (χ3v) is 4.76. The van der Waals surface area contributed by atoms with E-state index in [1.54, 1.807) is 6.07 Å². The van der Waals surface area contributed by atoms with E-state index in [0.717, 1.165) is 30.2 Å². The van der Waals surface area contributed by atoms with E-state index in [9.17, 15) is 9.90 Å². The SMILES string of the molecule is O=C(c1cc2ccccc2cc1O)N1CC2CCC1C2. The Labute approximate surface area is 117 Å². The molecule has 3 nitrogen and oxygen atoms in total. The van der Waals surface area contributed by atoms with Gasteiger partial charge in [-0.05, 0) is 48.1 Å². The lowest BCUT2D eigenvalue weighted by Gasteiger charge is -2.27. The molecule has 1 aliphatic heterocycles.